The third-order valence-corrected chi connectivity index (χ3v) is 4.82. The van der Waals surface area contributed by atoms with Gasteiger partial charge in [0.15, 0.2) is 5.13 Å². The Hall–Kier alpha value is -2.82. The van der Waals surface area contributed by atoms with E-state index in [4.69, 9.17) is 9.84 Å². The second kappa shape index (κ2) is 8.05. The molecule has 1 fully saturated rings. The van der Waals surface area contributed by atoms with Gasteiger partial charge in [0.25, 0.3) is 0 Å². The van der Waals surface area contributed by atoms with E-state index < -0.39 is 29.8 Å². The van der Waals surface area contributed by atoms with E-state index in [0.29, 0.717) is 18.7 Å². The van der Waals surface area contributed by atoms with E-state index >= 15 is 0 Å². The average molecular weight is 415 g/mol. The number of aliphatic carboxylic acids is 1. The van der Waals surface area contributed by atoms with E-state index in [1.807, 2.05) is 0 Å². The Morgan fingerprint density at radius 1 is 1.36 bits per heavy atom. The van der Waals surface area contributed by atoms with Gasteiger partial charge in [-0.3, -0.25) is 10.1 Å². The molecule has 0 bridgehead atoms. The van der Waals surface area contributed by atoms with Crippen LogP contribution in [0, 0.1) is 0 Å². The second-order valence-corrected chi connectivity index (χ2v) is 6.97. The van der Waals surface area contributed by atoms with E-state index in [9.17, 15) is 22.8 Å². The maximum atomic E-state index is 13.1. The average Bonchev–Trinajstić information content (AvgIpc) is 3.23. The number of benzene rings is 1. The lowest BCUT2D eigenvalue weighted by Crippen LogP contribution is -2.34. The summed E-state index contributed by atoms with van der Waals surface area (Å²) in [5.74, 6) is -1.29. The molecule has 1 aromatic heterocycles. The van der Waals surface area contributed by atoms with Crippen molar-refractivity contribution >= 4 is 28.5 Å². The number of alkyl halides is 3. The lowest BCUT2D eigenvalue weighted by molar-refractivity contribution is -0.139. The molecule has 0 saturated carbocycles. The molecule has 1 aromatic carbocycles. The minimum Gasteiger partial charge on any atom is -0.488 e. The Balaban J connectivity index is 1.57. The molecule has 0 radical (unpaired) electrons. The maximum Gasteiger partial charge on any atom is 0.419 e. The molecule has 0 aliphatic carbocycles. The fourth-order valence-electron chi connectivity index (χ4n) is 2.76. The summed E-state index contributed by atoms with van der Waals surface area (Å²) >= 11 is 1.10. The third kappa shape index (κ3) is 4.91. The molecule has 2 heterocycles. The van der Waals surface area contributed by atoms with Crippen molar-refractivity contribution in [3.63, 3.8) is 0 Å². The number of carboxylic acids is 1. The quantitative estimate of drug-likeness (QED) is 0.780. The molecule has 1 atom stereocenters. The van der Waals surface area contributed by atoms with Crippen molar-refractivity contribution < 1.29 is 32.6 Å². The second-order valence-electron chi connectivity index (χ2n) is 6.11. The zero-order chi connectivity index (χ0) is 20.3. The summed E-state index contributed by atoms with van der Waals surface area (Å²) in [5.41, 5.74) is -0.522. The molecule has 1 saturated heterocycles. The van der Waals surface area contributed by atoms with Gasteiger partial charge in [0.05, 0.1) is 24.2 Å². The maximum absolute atomic E-state index is 13.1. The van der Waals surface area contributed by atoms with E-state index in [1.165, 1.54) is 28.5 Å². The summed E-state index contributed by atoms with van der Waals surface area (Å²) < 4.78 is 44.7. The highest BCUT2D eigenvalue weighted by atomic mass is 32.1. The fraction of sp³-hybridized carbons (Fsp3) is 0.353. The molecule has 2 N–H and O–H groups in total. The number of carbonyl (C=O) groups excluding carboxylic acids is 1. The molecule has 11 heteroatoms. The van der Waals surface area contributed by atoms with Crippen molar-refractivity contribution in [1.82, 2.24) is 9.88 Å². The van der Waals surface area contributed by atoms with Crippen LogP contribution in [0.4, 0.5) is 23.1 Å². The predicted octanol–water partition coefficient (Wildman–Crippen LogP) is 3.47. The van der Waals surface area contributed by atoms with Gasteiger partial charge in [-0.1, -0.05) is 12.1 Å². The van der Waals surface area contributed by atoms with E-state index in [-0.39, 0.29) is 23.8 Å². The smallest absolute Gasteiger partial charge is 0.419 e. The minimum atomic E-state index is -4.52. The van der Waals surface area contributed by atoms with Crippen LogP contribution in [0.5, 0.6) is 5.75 Å². The predicted molar refractivity (Wildman–Crippen MR) is 94.5 cm³/mol. The standard InChI is InChI=1S/C17H16F3N3O4S/c18-17(19,20)12-3-1-2-4-13(12)27-11-5-6-23(8-11)16(26)22-15-21-10(9-28-15)7-14(24)25/h1-4,9,11H,5-8H2,(H,24,25)(H,21,22,26)/t11-/m0/s1. The summed E-state index contributed by atoms with van der Waals surface area (Å²) in [5, 5.41) is 13.1. The lowest BCUT2D eigenvalue weighted by Gasteiger charge is -2.19. The first-order valence-corrected chi connectivity index (χ1v) is 9.15. The summed E-state index contributed by atoms with van der Waals surface area (Å²) in [4.78, 5) is 28.4. The number of hydrogen-bond acceptors (Lipinski definition) is 5. The number of para-hydroxylation sites is 1. The van der Waals surface area contributed by atoms with Crippen LogP contribution in [0.2, 0.25) is 0 Å². The Bertz CT molecular complexity index is 871. The lowest BCUT2D eigenvalue weighted by atomic mass is 10.2. The van der Waals surface area contributed by atoms with Crippen molar-refractivity contribution in [1.29, 1.82) is 0 Å². The number of hydrogen-bond donors (Lipinski definition) is 2. The molecule has 1 aliphatic rings. The summed E-state index contributed by atoms with van der Waals surface area (Å²) in [6.45, 7) is 0.448. The Morgan fingerprint density at radius 2 is 2.11 bits per heavy atom. The molecule has 2 amide bonds. The van der Waals surface area contributed by atoms with Crippen LogP contribution in [-0.2, 0) is 17.4 Å². The van der Waals surface area contributed by atoms with Gasteiger partial charge in [-0.2, -0.15) is 13.2 Å². The van der Waals surface area contributed by atoms with Gasteiger partial charge in [-0.15, -0.1) is 11.3 Å². The molecule has 150 valence electrons. The van der Waals surface area contributed by atoms with Gasteiger partial charge < -0.3 is 14.7 Å². The van der Waals surface area contributed by atoms with Gasteiger partial charge in [-0.05, 0) is 12.1 Å². The van der Waals surface area contributed by atoms with E-state index in [0.717, 1.165) is 17.4 Å². The Labute approximate surface area is 161 Å². The topological polar surface area (TPSA) is 91.8 Å². The number of anilines is 1. The fourth-order valence-corrected chi connectivity index (χ4v) is 3.46. The van der Waals surface area contributed by atoms with Crippen molar-refractivity contribution in [2.45, 2.75) is 25.1 Å². The highest BCUT2D eigenvalue weighted by Gasteiger charge is 2.36. The van der Waals surface area contributed by atoms with Gasteiger partial charge >= 0.3 is 18.2 Å². The summed E-state index contributed by atoms with van der Waals surface area (Å²) in [6.07, 6.45) is -4.94. The first-order valence-electron chi connectivity index (χ1n) is 8.27. The number of ether oxygens (including phenoxy) is 1. The van der Waals surface area contributed by atoms with Crippen LogP contribution in [-0.4, -0.2) is 46.2 Å². The van der Waals surface area contributed by atoms with Crippen LogP contribution >= 0.6 is 11.3 Å². The molecular formula is C17H16F3N3O4S. The number of halogens is 3. The molecule has 28 heavy (non-hydrogen) atoms. The monoisotopic (exact) mass is 415 g/mol. The first-order chi connectivity index (χ1) is 13.2. The zero-order valence-electron chi connectivity index (χ0n) is 14.4. The number of likely N-dealkylation sites (tertiary alicyclic amines) is 1. The van der Waals surface area contributed by atoms with Crippen LogP contribution < -0.4 is 10.1 Å². The number of urea groups is 1. The molecule has 2 aromatic rings. The SMILES string of the molecule is O=C(O)Cc1csc(NC(=O)N2CC[C@H](Oc3ccccc3C(F)(F)F)C2)n1. The molecule has 1 aliphatic heterocycles. The van der Waals surface area contributed by atoms with Crippen molar-refractivity contribution in [3.05, 3.63) is 40.9 Å². The molecule has 7 nitrogen and oxygen atoms in total. The zero-order valence-corrected chi connectivity index (χ0v) is 15.2. The van der Waals surface area contributed by atoms with Crippen LogP contribution in [0.1, 0.15) is 17.7 Å². The van der Waals surface area contributed by atoms with Crippen LogP contribution in [0.25, 0.3) is 0 Å². The van der Waals surface area contributed by atoms with Gasteiger partial charge in [-0.25, -0.2) is 9.78 Å². The number of carbonyl (C=O) groups is 2. The number of nitrogens with zero attached hydrogens (tertiary/aromatic N) is 2. The number of nitrogens with one attached hydrogen (secondary N) is 1. The first kappa shape index (κ1) is 19.9. The van der Waals surface area contributed by atoms with Crippen molar-refractivity contribution in [3.8, 4) is 5.75 Å². The van der Waals surface area contributed by atoms with Crippen molar-refractivity contribution in [2.75, 3.05) is 18.4 Å². The van der Waals surface area contributed by atoms with Crippen LogP contribution in [0.3, 0.4) is 0 Å². The number of aromatic nitrogens is 1. The van der Waals surface area contributed by atoms with Gasteiger partial charge in [0.2, 0.25) is 0 Å². The van der Waals surface area contributed by atoms with E-state index in [2.05, 4.69) is 10.3 Å². The molecule has 3 rings (SSSR count). The largest absolute Gasteiger partial charge is 0.488 e. The number of carboxylic acid groups (broad SMARTS) is 1. The number of rotatable bonds is 5. The summed E-state index contributed by atoms with van der Waals surface area (Å²) in [6, 6.07) is 4.49. The number of amides is 2. The Morgan fingerprint density at radius 3 is 2.82 bits per heavy atom. The Kier molecular flexibility index (Phi) is 5.73. The van der Waals surface area contributed by atoms with Crippen LogP contribution in [0.15, 0.2) is 29.6 Å². The van der Waals surface area contributed by atoms with Crippen molar-refractivity contribution in [2.24, 2.45) is 0 Å². The van der Waals surface area contributed by atoms with Gasteiger partial charge in [0.1, 0.15) is 11.9 Å². The molecule has 0 unspecified atom stereocenters. The minimum absolute atomic E-state index is 0.130. The van der Waals surface area contributed by atoms with Gasteiger partial charge in [0, 0.05) is 18.3 Å². The number of thiazole rings is 1. The molecule has 0 spiro atoms. The normalized spacial score (nSPS) is 16.8. The molecular weight excluding hydrogens is 399 g/mol. The van der Waals surface area contributed by atoms with E-state index in [1.54, 1.807) is 0 Å². The third-order valence-electron chi connectivity index (χ3n) is 4.02. The highest BCUT2D eigenvalue weighted by molar-refractivity contribution is 7.13. The summed E-state index contributed by atoms with van der Waals surface area (Å²) in [7, 11) is 0. The highest BCUT2D eigenvalue weighted by Crippen LogP contribution is 2.36.